The first-order valence-electron chi connectivity index (χ1n) is 9.11. The molecular formula is C21H24N2O4S. The van der Waals surface area contributed by atoms with Gasteiger partial charge in [0.05, 0.1) is 20.8 Å². The molecule has 148 valence electrons. The highest BCUT2D eigenvalue weighted by molar-refractivity contribution is 7.16. The molecule has 0 atom stereocenters. The molecule has 0 aliphatic rings. The number of amides is 1. The van der Waals surface area contributed by atoms with E-state index in [1.165, 1.54) is 11.3 Å². The van der Waals surface area contributed by atoms with Crippen LogP contribution in [-0.2, 0) is 7.05 Å². The van der Waals surface area contributed by atoms with E-state index < -0.39 is 0 Å². The number of methoxy groups -OCH3 is 2. The summed E-state index contributed by atoms with van der Waals surface area (Å²) in [6.07, 6.45) is 2.03. The summed E-state index contributed by atoms with van der Waals surface area (Å²) >= 11 is 1.39. The quantitative estimate of drug-likeness (QED) is 0.558. The number of aromatic nitrogens is 1. The summed E-state index contributed by atoms with van der Waals surface area (Å²) in [5, 5.41) is 0. The first-order valence-corrected chi connectivity index (χ1v) is 9.93. The lowest BCUT2D eigenvalue weighted by atomic mass is 10.2. The first kappa shape index (κ1) is 19.9. The van der Waals surface area contributed by atoms with Gasteiger partial charge in [-0.3, -0.25) is 4.79 Å². The standard InChI is InChI=1S/C21H24N2O4S/c1-5-6-12-27-15-9-7-8-14(13-15)20(24)22-21-23(2)18-16(25-3)10-11-17(26-4)19(18)28-21/h7-11,13H,5-6,12H2,1-4H3. The van der Waals surface area contributed by atoms with Crippen molar-refractivity contribution < 1.29 is 19.0 Å². The number of thiazole rings is 1. The van der Waals surface area contributed by atoms with Gasteiger partial charge in [-0.1, -0.05) is 30.7 Å². The Bertz CT molecular complexity index is 1050. The SMILES string of the molecule is CCCCOc1cccc(C(=O)N=c2sc3c(OC)ccc(OC)c3n2C)c1. The van der Waals surface area contributed by atoms with Crippen LogP contribution in [0.15, 0.2) is 41.4 Å². The Kier molecular flexibility index (Phi) is 6.36. The van der Waals surface area contributed by atoms with Gasteiger partial charge >= 0.3 is 0 Å². The van der Waals surface area contributed by atoms with Gasteiger partial charge in [-0.15, -0.1) is 0 Å². The molecule has 0 spiro atoms. The molecule has 7 heteroatoms. The molecule has 1 aromatic heterocycles. The molecule has 0 aliphatic carbocycles. The van der Waals surface area contributed by atoms with E-state index in [2.05, 4.69) is 11.9 Å². The maximum Gasteiger partial charge on any atom is 0.279 e. The predicted octanol–water partition coefficient (Wildman–Crippen LogP) is 4.18. The Morgan fingerprint density at radius 2 is 1.89 bits per heavy atom. The minimum absolute atomic E-state index is 0.318. The lowest BCUT2D eigenvalue weighted by Crippen LogP contribution is -2.13. The number of nitrogens with zero attached hydrogens (tertiary/aromatic N) is 2. The van der Waals surface area contributed by atoms with Gasteiger partial charge < -0.3 is 18.8 Å². The Morgan fingerprint density at radius 1 is 1.14 bits per heavy atom. The van der Waals surface area contributed by atoms with E-state index in [-0.39, 0.29) is 5.91 Å². The third-order valence-corrected chi connectivity index (χ3v) is 5.51. The Balaban J connectivity index is 1.99. The molecule has 0 fully saturated rings. The molecule has 0 saturated carbocycles. The third kappa shape index (κ3) is 4.04. The second-order valence-corrected chi connectivity index (χ2v) is 7.22. The average molecular weight is 401 g/mol. The zero-order valence-electron chi connectivity index (χ0n) is 16.5. The summed E-state index contributed by atoms with van der Waals surface area (Å²) in [5.74, 6) is 1.78. The maximum atomic E-state index is 12.7. The molecule has 0 unspecified atom stereocenters. The van der Waals surface area contributed by atoms with E-state index in [9.17, 15) is 4.79 Å². The fourth-order valence-electron chi connectivity index (χ4n) is 2.83. The molecular weight excluding hydrogens is 376 g/mol. The summed E-state index contributed by atoms with van der Waals surface area (Å²) in [5.41, 5.74) is 1.33. The Morgan fingerprint density at radius 3 is 2.61 bits per heavy atom. The minimum Gasteiger partial charge on any atom is -0.495 e. The Hall–Kier alpha value is -2.80. The lowest BCUT2D eigenvalue weighted by molar-refractivity contribution is 0.0997. The van der Waals surface area contributed by atoms with Crippen molar-refractivity contribution in [1.82, 2.24) is 4.57 Å². The summed E-state index contributed by atoms with van der Waals surface area (Å²) in [6.45, 7) is 2.74. The molecule has 1 amide bonds. The number of aryl methyl sites for hydroxylation is 1. The van der Waals surface area contributed by atoms with E-state index >= 15 is 0 Å². The molecule has 0 aliphatic heterocycles. The summed E-state index contributed by atoms with van der Waals surface area (Å²) in [4.78, 5) is 17.6. The topological polar surface area (TPSA) is 62.1 Å². The molecule has 3 aromatic rings. The van der Waals surface area contributed by atoms with Crippen LogP contribution in [0.3, 0.4) is 0 Å². The van der Waals surface area contributed by atoms with E-state index in [4.69, 9.17) is 14.2 Å². The van der Waals surface area contributed by atoms with Crippen molar-refractivity contribution in [3.05, 3.63) is 46.8 Å². The van der Waals surface area contributed by atoms with Crippen LogP contribution >= 0.6 is 11.3 Å². The molecule has 0 radical (unpaired) electrons. The van der Waals surface area contributed by atoms with Crippen molar-refractivity contribution in [1.29, 1.82) is 0 Å². The molecule has 3 rings (SSSR count). The monoisotopic (exact) mass is 400 g/mol. The normalized spacial score (nSPS) is 11.6. The van der Waals surface area contributed by atoms with Gasteiger partial charge in [0.15, 0.2) is 4.80 Å². The zero-order chi connectivity index (χ0) is 20.1. The van der Waals surface area contributed by atoms with Gasteiger partial charge in [-0.05, 0) is 36.8 Å². The second-order valence-electron chi connectivity index (χ2n) is 6.24. The van der Waals surface area contributed by atoms with Crippen molar-refractivity contribution >= 4 is 27.5 Å². The number of unbranched alkanes of at least 4 members (excludes halogenated alkanes) is 1. The first-order chi connectivity index (χ1) is 13.6. The van der Waals surface area contributed by atoms with Gasteiger partial charge in [-0.2, -0.15) is 4.99 Å². The van der Waals surface area contributed by atoms with E-state index in [0.717, 1.165) is 28.8 Å². The van der Waals surface area contributed by atoms with Gasteiger partial charge in [-0.25, -0.2) is 0 Å². The average Bonchev–Trinajstić information content (AvgIpc) is 3.04. The number of fused-ring (bicyclic) bond motifs is 1. The minimum atomic E-state index is -0.318. The van der Waals surface area contributed by atoms with Crippen LogP contribution in [-0.4, -0.2) is 31.3 Å². The summed E-state index contributed by atoms with van der Waals surface area (Å²) in [6, 6.07) is 10.8. The highest BCUT2D eigenvalue weighted by Gasteiger charge is 2.15. The highest BCUT2D eigenvalue weighted by Crippen LogP contribution is 2.34. The van der Waals surface area contributed by atoms with Gasteiger partial charge in [0, 0.05) is 12.6 Å². The number of carbonyl (C=O) groups is 1. The molecule has 0 N–H and O–H groups in total. The van der Waals surface area contributed by atoms with Crippen molar-refractivity contribution in [2.24, 2.45) is 12.0 Å². The van der Waals surface area contributed by atoms with Crippen molar-refractivity contribution in [3.63, 3.8) is 0 Å². The van der Waals surface area contributed by atoms with E-state index in [1.807, 2.05) is 29.8 Å². The summed E-state index contributed by atoms with van der Waals surface area (Å²) < 4.78 is 19.3. The number of ether oxygens (including phenoxy) is 3. The largest absolute Gasteiger partial charge is 0.495 e. The molecule has 1 heterocycles. The molecule has 0 saturated heterocycles. The van der Waals surface area contributed by atoms with Crippen molar-refractivity contribution in [2.75, 3.05) is 20.8 Å². The molecule has 28 heavy (non-hydrogen) atoms. The fourth-order valence-corrected chi connectivity index (χ4v) is 3.96. The van der Waals surface area contributed by atoms with Crippen molar-refractivity contribution in [3.8, 4) is 17.2 Å². The van der Waals surface area contributed by atoms with Crippen LogP contribution in [0.1, 0.15) is 30.1 Å². The number of benzene rings is 2. The summed E-state index contributed by atoms with van der Waals surface area (Å²) in [7, 11) is 5.09. The van der Waals surface area contributed by atoms with Gasteiger partial charge in [0.2, 0.25) is 0 Å². The highest BCUT2D eigenvalue weighted by atomic mass is 32.1. The third-order valence-electron chi connectivity index (χ3n) is 4.36. The van der Waals surface area contributed by atoms with Crippen LogP contribution in [0.25, 0.3) is 10.2 Å². The van der Waals surface area contributed by atoms with E-state index in [0.29, 0.717) is 28.5 Å². The predicted molar refractivity (Wildman–Crippen MR) is 111 cm³/mol. The number of hydrogen-bond acceptors (Lipinski definition) is 5. The maximum absolute atomic E-state index is 12.7. The van der Waals surface area contributed by atoms with Crippen LogP contribution < -0.4 is 19.0 Å². The zero-order valence-corrected chi connectivity index (χ0v) is 17.3. The van der Waals surface area contributed by atoms with E-state index in [1.54, 1.807) is 32.4 Å². The number of carbonyl (C=O) groups excluding carboxylic acids is 1. The fraction of sp³-hybridized carbons (Fsp3) is 0.333. The van der Waals surface area contributed by atoms with Crippen molar-refractivity contribution in [2.45, 2.75) is 19.8 Å². The lowest BCUT2D eigenvalue weighted by Gasteiger charge is -2.07. The Labute approximate surface area is 168 Å². The van der Waals surface area contributed by atoms with Crippen LogP contribution in [0.5, 0.6) is 17.2 Å². The van der Waals surface area contributed by atoms with Gasteiger partial charge in [0.1, 0.15) is 27.5 Å². The number of hydrogen-bond donors (Lipinski definition) is 0. The smallest absolute Gasteiger partial charge is 0.279 e. The molecule has 0 bridgehead atoms. The van der Waals surface area contributed by atoms with Gasteiger partial charge in [0.25, 0.3) is 5.91 Å². The van der Waals surface area contributed by atoms with Crippen LogP contribution in [0.2, 0.25) is 0 Å². The molecule has 6 nitrogen and oxygen atoms in total. The molecule has 2 aromatic carbocycles. The second kappa shape index (κ2) is 8.93. The van der Waals surface area contributed by atoms with Crippen LogP contribution in [0.4, 0.5) is 0 Å². The number of rotatable bonds is 7. The van der Waals surface area contributed by atoms with Crippen LogP contribution in [0, 0.1) is 0 Å².